The van der Waals surface area contributed by atoms with Gasteiger partial charge < -0.3 is 20.3 Å². The molecule has 0 aliphatic heterocycles. The highest BCUT2D eigenvalue weighted by molar-refractivity contribution is 5.90. The quantitative estimate of drug-likeness (QED) is 0.409. The highest BCUT2D eigenvalue weighted by Gasteiger charge is 2.09. The largest absolute Gasteiger partial charge is 0.504 e. The van der Waals surface area contributed by atoms with Gasteiger partial charge in [0, 0.05) is 11.1 Å². The molecule has 0 saturated heterocycles. The third-order valence-electron chi connectivity index (χ3n) is 1.83. The van der Waals surface area contributed by atoms with Crippen molar-refractivity contribution < 1.29 is 20.3 Å². The Labute approximate surface area is 92.1 Å². The fourth-order valence-electron chi connectivity index (χ4n) is 1.22. The first-order valence-corrected chi connectivity index (χ1v) is 4.57. The van der Waals surface area contributed by atoms with Crippen LogP contribution >= 0.6 is 0 Å². The molecule has 0 aromatic heterocycles. The molecule has 16 heavy (non-hydrogen) atoms. The van der Waals surface area contributed by atoms with Gasteiger partial charge in [-0.25, -0.2) is 0 Å². The number of ether oxygens (including phenoxy) is 1. The Hall–Kier alpha value is -2.24. The van der Waals surface area contributed by atoms with E-state index in [4.69, 9.17) is 15.2 Å². The van der Waals surface area contributed by atoms with Crippen LogP contribution in [0.1, 0.15) is 18.1 Å². The standard InChI is InChI=1S/C10H12N2O4/c1-2-16-9-4-7(5-11-14)3-8(6-12-15)10(9)13/h3-6,13-15H,2H2,1H3/b11-5-,12-6+. The van der Waals surface area contributed by atoms with E-state index in [0.717, 1.165) is 6.21 Å². The number of aromatic hydroxyl groups is 1. The van der Waals surface area contributed by atoms with E-state index in [1.165, 1.54) is 18.3 Å². The lowest BCUT2D eigenvalue weighted by atomic mass is 10.1. The number of phenols is 1. The van der Waals surface area contributed by atoms with Gasteiger partial charge in [0.1, 0.15) is 0 Å². The molecular weight excluding hydrogens is 212 g/mol. The molecule has 0 bridgehead atoms. The van der Waals surface area contributed by atoms with E-state index in [1.54, 1.807) is 6.92 Å². The van der Waals surface area contributed by atoms with Gasteiger partial charge in [-0.15, -0.1) is 0 Å². The molecule has 86 valence electrons. The molecule has 0 fully saturated rings. The minimum atomic E-state index is -0.130. The molecular formula is C10H12N2O4. The number of oxime groups is 2. The Bertz CT molecular complexity index is 416. The summed E-state index contributed by atoms with van der Waals surface area (Å²) in [5.41, 5.74) is 0.780. The number of nitrogens with zero attached hydrogens (tertiary/aromatic N) is 2. The second-order valence-electron chi connectivity index (χ2n) is 2.88. The third kappa shape index (κ3) is 2.63. The lowest BCUT2D eigenvalue weighted by Gasteiger charge is -2.08. The van der Waals surface area contributed by atoms with Crippen molar-refractivity contribution in [3.8, 4) is 11.5 Å². The Kier molecular flexibility index (Phi) is 4.14. The van der Waals surface area contributed by atoms with Gasteiger partial charge >= 0.3 is 0 Å². The van der Waals surface area contributed by atoms with Crippen molar-refractivity contribution in [2.75, 3.05) is 6.61 Å². The Morgan fingerprint density at radius 1 is 1.25 bits per heavy atom. The lowest BCUT2D eigenvalue weighted by Crippen LogP contribution is -1.96. The molecule has 0 saturated carbocycles. The summed E-state index contributed by atoms with van der Waals surface area (Å²) >= 11 is 0. The van der Waals surface area contributed by atoms with Gasteiger partial charge in [0.15, 0.2) is 11.5 Å². The number of rotatable bonds is 4. The minimum absolute atomic E-state index is 0.130. The molecule has 0 atom stereocenters. The van der Waals surface area contributed by atoms with Crippen molar-refractivity contribution in [1.82, 2.24) is 0 Å². The molecule has 0 amide bonds. The van der Waals surface area contributed by atoms with Crippen molar-refractivity contribution in [3.05, 3.63) is 23.3 Å². The number of hydrogen-bond acceptors (Lipinski definition) is 6. The van der Waals surface area contributed by atoms with Crippen LogP contribution in [0.2, 0.25) is 0 Å². The van der Waals surface area contributed by atoms with E-state index in [9.17, 15) is 5.11 Å². The zero-order valence-corrected chi connectivity index (χ0v) is 8.66. The van der Waals surface area contributed by atoms with E-state index in [-0.39, 0.29) is 17.1 Å². The summed E-state index contributed by atoms with van der Waals surface area (Å²) in [5, 5.41) is 32.2. The van der Waals surface area contributed by atoms with Gasteiger partial charge in [-0.05, 0) is 19.1 Å². The zero-order valence-electron chi connectivity index (χ0n) is 8.66. The van der Waals surface area contributed by atoms with E-state index >= 15 is 0 Å². The van der Waals surface area contributed by atoms with E-state index in [0.29, 0.717) is 12.2 Å². The van der Waals surface area contributed by atoms with Gasteiger partial charge in [-0.3, -0.25) is 0 Å². The fourth-order valence-corrected chi connectivity index (χ4v) is 1.22. The monoisotopic (exact) mass is 224 g/mol. The first-order valence-electron chi connectivity index (χ1n) is 4.57. The van der Waals surface area contributed by atoms with Gasteiger partial charge in [-0.2, -0.15) is 0 Å². The molecule has 0 spiro atoms. The Morgan fingerprint density at radius 3 is 2.50 bits per heavy atom. The summed E-state index contributed by atoms with van der Waals surface area (Å²) in [6.07, 6.45) is 2.24. The molecule has 3 N–H and O–H groups in total. The SMILES string of the molecule is CCOc1cc(/C=N\O)cc(/C=N/O)c1O. The van der Waals surface area contributed by atoms with Crippen molar-refractivity contribution in [2.24, 2.45) is 10.3 Å². The highest BCUT2D eigenvalue weighted by atomic mass is 16.5. The smallest absolute Gasteiger partial charge is 0.166 e. The molecule has 0 radical (unpaired) electrons. The topological polar surface area (TPSA) is 94.6 Å². The van der Waals surface area contributed by atoms with Crippen molar-refractivity contribution in [3.63, 3.8) is 0 Å². The van der Waals surface area contributed by atoms with Crippen LogP contribution in [0, 0.1) is 0 Å². The van der Waals surface area contributed by atoms with Crippen LogP contribution in [0.3, 0.4) is 0 Å². The van der Waals surface area contributed by atoms with Crippen LogP contribution in [0.4, 0.5) is 0 Å². The molecule has 0 unspecified atom stereocenters. The average Bonchev–Trinajstić information content (AvgIpc) is 2.26. The molecule has 0 heterocycles. The van der Waals surface area contributed by atoms with Crippen LogP contribution in [-0.2, 0) is 0 Å². The number of benzene rings is 1. The van der Waals surface area contributed by atoms with E-state index in [1.807, 2.05) is 0 Å². The molecule has 6 nitrogen and oxygen atoms in total. The average molecular weight is 224 g/mol. The predicted octanol–water partition coefficient (Wildman–Crippen LogP) is 1.41. The van der Waals surface area contributed by atoms with Crippen LogP contribution in [-0.4, -0.2) is 34.6 Å². The lowest BCUT2D eigenvalue weighted by molar-refractivity contribution is 0.315. The van der Waals surface area contributed by atoms with Crippen LogP contribution in [0.15, 0.2) is 22.4 Å². The molecule has 1 rings (SSSR count). The first kappa shape index (κ1) is 11.8. The fraction of sp³-hybridized carbons (Fsp3) is 0.200. The van der Waals surface area contributed by atoms with Crippen LogP contribution in [0.5, 0.6) is 11.5 Å². The van der Waals surface area contributed by atoms with Crippen LogP contribution < -0.4 is 4.74 Å². The van der Waals surface area contributed by atoms with Gasteiger partial charge in [0.25, 0.3) is 0 Å². The molecule has 6 heteroatoms. The summed E-state index contributed by atoms with van der Waals surface area (Å²) in [6.45, 7) is 2.15. The van der Waals surface area contributed by atoms with Gasteiger partial charge in [-0.1, -0.05) is 10.3 Å². The van der Waals surface area contributed by atoms with Crippen molar-refractivity contribution in [1.29, 1.82) is 0 Å². The summed E-state index contributed by atoms with van der Waals surface area (Å²) in [5.74, 6) is 0.101. The summed E-state index contributed by atoms with van der Waals surface area (Å²) in [6, 6.07) is 2.99. The van der Waals surface area contributed by atoms with Crippen LogP contribution in [0.25, 0.3) is 0 Å². The Morgan fingerprint density at radius 2 is 1.94 bits per heavy atom. The van der Waals surface area contributed by atoms with Crippen molar-refractivity contribution in [2.45, 2.75) is 6.92 Å². The maximum atomic E-state index is 9.71. The minimum Gasteiger partial charge on any atom is -0.504 e. The normalized spacial score (nSPS) is 11.3. The highest BCUT2D eigenvalue weighted by Crippen LogP contribution is 2.30. The van der Waals surface area contributed by atoms with Gasteiger partial charge in [0.2, 0.25) is 0 Å². The van der Waals surface area contributed by atoms with E-state index in [2.05, 4.69) is 10.3 Å². The van der Waals surface area contributed by atoms with Crippen molar-refractivity contribution >= 4 is 12.4 Å². The molecule has 1 aromatic carbocycles. The maximum absolute atomic E-state index is 9.71. The number of phenolic OH excluding ortho intramolecular Hbond substituents is 1. The number of hydrogen-bond donors (Lipinski definition) is 3. The first-order chi connectivity index (χ1) is 7.72. The van der Waals surface area contributed by atoms with Gasteiger partial charge in [0.05, 0.1) is 19.0 Å². The van der Waals surface area contributed by atoms with E-state index < -0.39 is 0 Å². The molecule has 1 aromatic rings. The Balaban J connectivity index is 3.26. The summed E-state index contributed by atoms with van der Waals surface area (Å²) < 4.78 is 5.17. The maximum Gasteiger partial charge on any atom is 0.166 e. The summed E-state index contributed by atoms with van der Waals surface area (Å²) in [7, 11) is 0. The molecule has 0 aliphatic carbocycles. The third-order valence-corrected chi connectivity index (χ3v) is 1.83. The predicted molar refractivity (Wildman–Crippen MR) is 58.0 cm³/mol. The zero-order chi connectivity index (χ0) is 12.0. The second kappa shape index (κ2) is 5.59. The second-order valence-corrected chi connectivity index (χ2v) is 2.88. The molecule has 0 aliphatic rings. The summed E-state index contributed by atoms with van der Waals surface area (Å²) in [4.78, 5) is 0.